The number of carbonyl (C=O) groups excluding carboxylic acids is 2. The Labute approximate surface area is 134 Å². The van der Waals surface area contributed by atoms with Gasteiger partial charge in [0.25, 0.3) is 0 Å². The maximum atomic E-state index is 12.8. The molecule has 1 aromatic rings. The Bertz CT molecular complexity index is 585. The van der Waals surface area contributed by atoms with Crippen molar-refractivity contribution in [1.82, 2.24) is 0 Å². The molecule has 0 saturated heterocycles. The number of halogens is 4. The predicted octanol–water partition coefficient (Wildman–Crippen LogP) is 4.08. The first-order valence-electron chi connectivity index (χ1n) is 6.76. The lowest BCUT2D eigenvalue weighted by molar-refractivity contribution is -0.252. The zero-order valence-corrected chi connectivity index (χ0v) is 13.2. The Hall–Kier alpha value is -1.21. The molecule has 1 fully saturated rings. The highest BCUT2D eigenvalue weighted by Gasteiger charge is 2.32. The van der Waals surface area contributed by atoms with Gasteiger partial charge in [0.1, 0.15) is 0 Å². The van der Waals surface area contributed by atoms with Gasteiger partial charge in [0.2, 0.25) is 11.6 Å². The van der Waals surface area contributed by atoms with Crippen LogP contribution in [0, 0.1) is 5.92 Å². The number of Topliss-reactive ketones (excluding diaryl/α,β-unsaturated/α-hetero) is 2. The van der Waals surface area contributed by atoms with Crippen molar-refractivity contribution in [1.29, 1.82) is 0 Å². The van der Waals surface area contributed by atoms with Crippen molar-refractivity contribution in [2.24, 2.45) is 5.92 Å². The molecule has 0 spiro atoms. The van der Waals surface area contributed by atoms with E-state index < -0.39 is 31.0 Å². The van der Waals surface area contributed by atoms with E-state index in [0.29, 0.717) is 4.47 Å². The molecule has 1 aromatic carbocycles. The van der Waals surface area contributed by atoms with Gasteiger partial charge in [0.15, 0.2) is 6.67 Å². The number of hydrogen-bond donors (Lipinski definition) is 0. The second kappa shape index (κ2) is 6.91. The minimum Gasteiger partial charge on any atom is -0.314 e. The van der Waals surface area contributed by atoms with Gasteiger partial charge in [-0.05, 0) is 42.5 Å². The molecule has 1 aliphatic carbocycles. The van der Waals surface area contributed by atoms with Gasteiger partial charge in [0.05, 0.1) is 6.61 Å². The van der Waals surface area contributed by atoms with Crippen LogP contribution < -0.4 is 0 Å². The minimum atomic E-state index is -3.92. The third kappa shape index (κ3) is 4.64. The fraction of sp³-hybridized carbons (Fsp3) is 0.467. The molecule has 0 radical (unpaired) electrons. The normalized spacial score (nSPS) is 14.9. The van der Waals surface area contributed by atoms with Crippen molar-refractivity contribution in [2.75, 3.05) is 6.67 Å². The van der Waals surface area contributed by atoms with Gasteiger partial charge in [-0.2, -0.15) is 8.78 Å². The molecule has 1 saturated carbocycles. The van der Waals surface area contributed by atoms with Crippen molar-refractivity contribution in [2.45, 2.75) is 32.0 Å². The predicted molar refractivity (Wildman–Crippen MR) is 76.5 cm³/mol. The highest BCUT2D eigenvalue weighted by Crippen LogP contribution is 2.33. The monoisotopic (exact) mass is 378 g/mol. The van der Waals surface area contributed by atoms with E-state index in [4.69, 9.17) is 0 Å². The largest absolute Gasteiger partial charge is 0.384 e. The summed E-state index contributed by atoms with van der Waals surface area (Å²) in [6.45, 7) is -2.61. The molecule has 0 unspecified atom stereocenters. The second-order valence-corrected chi connectivity index (χ2v) is 6.18. The van der Waals surface area contributed by atoms with Gasteiger partial charge in [-0.25, -0.2) is 4.39 Å². The average Bonchev–Trinajstić information content (AvgIpc) is 3.28. The van der Waals surface area contributed by atoms with Crippen molar-refractivity contribution in [3.8, 4) is 0 Å². The molecule has 0 bridgehead atoms. The average molecular weight is 379 g/mol. The molecular formula is C15H14BrF3O3. The first kappa shape index (κ1) is 17.1. The summed E-state index contributed by atoms with van der Waals surface area (Å²) < 4.78 is 42.5. The number of ether oxygens (including phenoxy) is 1. The molecule has 0 aliphatic heterocycles. The fourth-order valence-electron chi connectivity index (χ4n) is 1.95. The highest BCUT2D eigenvalue weighted by atomic mass is 79.9. The van der Waals surface area contributed by atoms with Crippen LogP contribution in [0.2, 0.25) is 0 Å². The summed E-state index contributed by atoms with van der Waals surface area (Å²) in [4.78, 5) is 24.0. The molecule has 0 heterocycles. The Kier molecular flexibility index (Phi) is 5.39. The van der Waals surface area contributed by atoms with E-state index >= 15 is 0 Å². The van der Waals surface area contributed by atoms with Gasteiger partial charge < -0.3 is 4.74 Å². The van der Waals surface area contributed by atoms with Crippen LogP contribution in [0.25, 0.3) is 0 Å². The Morgan fingerprint density at radius 3 is 2.59 bits per heavy atom. The molecule has 7 heteroatoms. The zero-order valence-electron chi connectivity index (χ0n) is 11.6. The van der Waals surface area contributed by atoms with E-state index in [-0.39, 0.29) is 23.5 Å². The van der Waals surface area contributed by atoms with Gasteiger partial charge in [-0.3, -0.25) is 9.59 Å². The molecule has 120 valence electrons. The summed E-state index contributed by atoms with van der Waals surface area (Å²) >= 11 is 3.16. The molecule has 2 rings (SSSR count). The first-order valence-corrected chi connectivity index (χ1v) is 7.55. The molecule has 0 atom stereocenters. The molecular weight excluding hydrogens is 365 g/mol. The maximum Gasteiger partial charge on any atom is 0.384 e. The topological polar surface area (TPSA) is 43.4 Å². The lowest BCUT2D eigenvalue weighted by atomic mass is 9.99. The molecule has 22 heavy (non-hydrogen) atoms. The zero-order chi connectivity index (χ0) is 16.3. The lowest BCUT2D eigenvalue weighted by Gasteiger charge is -2.15. The van der Waals surface area contributed by atoms with Crippen LogP contribution in [0.1, 0.15) is 35.2 Å². The Morgan fingerprint density at radius 2 is 2.00 bits per heavy atom. The number of rotatable bonds is 8. The number of ketones is 2. The molecule has 3 nitrogen and oxygen atoms in total. The fourth-order valence-corrected chi connectivity index (χ4v) is 2.36. The van der Waals surface area contributed by atoms with Crippen LogP contribution >= 0.6 is 15.9 Å². The number of carbonyl (C=O) groups is 2. The molecule has 0 aromatic heterocycles. The van der Waals surface area contributed by atoms with E-state index in [1.54, 1.807) is 0 Å². The van der Waals surface area contributed by atoms with Gasteiger partial charge in [-0.1, -0.05) is 15.9 Å². The molecule has 0 amide bonds. The van der Waals surface area contributed by atoms with Crippen molar-refractivity contribution < 1.29 is 27.5 Å². The SMILES string of the molecule is O=C(CC1CC1)C(=O)c1ccc(Br)cc1COC(F)(F)CF. The summed E-state index contributed by atoms with van der Waals surface area (Å²) in [6, 6.07) is 4.32. The minimum absolute atomic E-state index is 0.0171. The van der Waals surface area contributed by atoms with Crippen LogP contribution in [0.4, 0.5) is 13.2 Å². The highest BCUT2D eigenvalue weighted by molar-refractivity contribution is 9.10. The summed E-state index contributed by atoms with van der Waals surface area (Å²) in [5, 5.41) is 0. The quantitative estimate of drug-likeness (QED) is 0.505. The Balaban J connectivity index is 2.15. The number of hydrogen-bond acceptors (Lipinski definition) is 3. The lowest BCUT2D eigenvalue weighted by Crippen LogP contribution is -2.24. The van der Waals surface area contributed by atoms with Crippen molar-refractivity contribution in [3.05, 3.63) is 33.8 Å². The summed E-state index contributed by atoms with van der Waals surface area (Å²) in [7, 11) is 0. The standard InChI is InChI=1S/C15H14BrF3O3/c16-11-3-4-12(14(21)13(20)5-9-1-2-9)10(6-11)7-22-15(18,19)8-17/h3-4,6,9H,1-2,5,7-8H2. The number of benzene rings is 1. The number of alkyl halides is 3. The van der Waals surface area contributed by atoms with E-state index in [9.17, 15) is 22.8 Å². The van der Waals surface area contributed by atoms with Crippen molar-refractivity contribution in [3.63, 3.8) is 0 Å². The summed E-state index contributed by atoms with van der Waals surface area (Å²) in [5.41, 5.74) is 0.139. The van der Waals surface area contributed by atoms with E-state index in [1.165, 1.54) is 18.2 Å². The van der Waals surface area contributed by atoms with Crippen LogP contribution in [0.15, 0.2) is 22.7 Å². The van der Waals surface area contributed by atoms with Crippen LogP contribution in [0.5, 0.6) is 0 Å². The maximum absolute atomic E-state index is 12.8. The van der Waals surface area contributed by atoms with Crippen molar-refractivity contribution >= 4 is 27.5 Å². The van der Waals surface area contributed by atoms with E-state index in [2.05, 4.69) is 20.7 Å². The van der Waals surface area contributed by atoms with E-state index in [0.717, 1.165) is 12.8 Å². The Morgan fingerprint density at radius 1 is 1.32 bits per heavy atom. The van der Waals surface area contributed by atoms with Gasteiger partial charge in [0, 0.05) is 16.5 Å². The summed E-state index contributed by atoms with van der Waals surface area (Å²) in [6.07, 6.45) is -1.88. The van der Waals surface area contributed by atoms with Gasteiger partial charge >= 0.3 is 6.11 Å². The van der Waals surface area contributed by atoms with Crippen LogP contribution in [0.3, 0.4) is 0 Å². The van der Waals surface area contributed by atoms with Crippen LogP contribution in [-0.4, -0.2) is 24.3 Å². The molecule has 0 N–H and O–H groups in total. The van der Waals surface area contributed by atoms with Crippen LogP contribution in [-0.2, 0) is 16.1 Å². The third-order valence-electron chi connectivity index (χ3n) is 3.33. The first-order chi connectivity index (χ1) is 10.3. The molecule has 1 aliphatic rings. The van der Waals surface area contributed by atoms with Gasteiger partial charge in [-0.15, -0.1) is 0 Å². The smallest absolute Gasteiger partial charge is 0.314 e. The van der Waals surface area contributed by atoms with E-state index in [1.807, 2.05) is 0 Å². The summed E-state index contributed by atoms with van der Waals surface area (Å²) in [5.74, 6) is -1.01. The second-order valence-electron chi connectivity index (χ2n) is 5.26. The third-order valence-corrected chi connectivity index (χ3v) is 3.82.